The molecule has 0 radical (unpaired) electrons. The van der Waals surface area contributed by atoms with Crippen LogP contribution in [0.1, 0.15) is 30.6 Å². The van der Waals surface area contributed by atoms with Crippen LogP contribution < -0.4 is 21.9 Å². The van der Waals surface area contributed by atoms with Crippen LogP contribution in [0.25, 0.3) is 0 Å². The van der Waals surface area contributed by atoms with Gasteiger partial charge in [-0.1, -0.05) is 6.92 Å². The first kappa shape index (κ1) is 16.4. The lowest BCUT2D eigenvalue weighted by Crippen LogP contribution is -2.45. The maximum absolute atomic E-state index is 12.1. The van der Waals surface area contributed by atoms with Crippen molar-refractivity contribution in [2.75, 3.05) is 12.0 Å². The summed E-state index contributed by atoms with van der Waals surface area (Å²) in [5.41, 5.74) is 2.61. The molecule has 7 nitrogen and oxygen atoms in total. The molecule has 110 valence electrons. The van der Waals surface area contributed by atoms with E-state index in [4.69, 9.17) is 5.84 Å². The molecule has 0 saturated heterocycles. The molecule has 1 aromatic rings. The van der Waals surface area contributed by atoms with Crippen LogP contribution in [0.4, 0.5) is 5.82 Å². The Kier molecular flexibility index (Phi) is 6.40. The smallest absolute Gasteiger partial charge is 0.255 e. The van der Waals surface area contributed by atoms with E-state index in [1.807, 2.05) is 6.92 Å². The number of anilines is 1. The minimum atomic E-state index is -0.640. The number of rotatable bonds is 6. The van der Waals surface area contributed by atoms with Gasteiger partial charge in [-0.2, -0.15) is 0 Å². The molecule has 1 unspecified atom stereocenters. The van der Waals surface area contributed by atoms with Gasteiger partial charge in [-0.15, -0.1) is 0 Å². The first-order valence-corrected chi connectivity index (χ1v) is 6.99. The lowest BCUT2D eigenvalue weighted by molar-refractivity contribution is -0.122. The Morgan fingerprint density at radius 2 is 2.20 bits per heavy atom. The van der Waals surface area contributed by atoms with Crippen LogP contribution >= 0.6 is 15.9 Å². The van der Waals surface area contributed by atoms with Crippen LogP contribution in [-0.4, -0.2) is 29.4 Å². The number of nitrogens with zero attached hydrogens (tertiary/aromatic N) is 1. The monoisotopic (exact) mass is 343 g/mol. The highest BCUT2D eigenvalue weighted by Crippen LogP contribution is 2.17. The van der Waals surface area contributed by atoms with Gasteiger partial charge in [0.1, 0.15) is 6.04 Å². The highest BCUT2D eigenvalue weighted by atomic mass is 79.9. The third kappa shape index (κ3) is 4.46. The Morgan fingerprint density at radius 1 is 1.50 bits per heavy atom. The summed E-state index contributed by atoms with van der Waals surface area (Å²) in [6.07, 6.45) is 2.35. The molecular weight excluding hydrogens is 326 g/mol. The Hall–Kier alpha value is -1.67. The van der Waals surface area contributed by atoms with Crippen LogP contribution in [0.5, 0.6) is 0 Å². The maximum Gasteiger partial charge on any atom is 0.255 e. The van der Waals surface area contributed by atoms with E-state index in [0.717, 1.165) is 6.42 Å². The van der Waals surface area contributed by atoms with Crippen molar-refractivity contribution in [3.8, 4) is 0 Å². The summed E-state index contributed by atoms with van der Waals surface area (Å²) in [5.74, 6) is 4.89. The minimum Gasteiger partial charge on any atom is -0.354 e. The summed E-state index contributed by atoms with van der Waals surface area (Å²) in [7, 11) is 0. The highest BCUT2D eigenvalue weighted by molar-refractivity contribution is 9.10. The first-order chi connectivity index (χ1) is 9.49. The number of hydrogen-bond donors (Lipinski definition) is 4. The van der Waals surface area contributed by atoms with Crippen molar-refractivity contribution >= 4 is 33.6 Å². The maximum atomic E-state index is 12.1. The molecule has 0 aromatic carbocycles. The lowest BCUT2D eigenvalue weighted by Gasteiger charge is -2.15. The average molecular weight is 344 g/mol. The number of hydrogen-bond acceptors (Lipinski definition) is 5. The summed E-state index contributed by atoms with van der Waals surface area (Å²) in [5, 5.41) is 5.31. The molecule has 0 saturated carbocycles. The van der Waals surface area contributed by atoms with Gasteiger partial charge in [0.05, 0.1) is 5.56 Å². The van der Waals surface area contributed by atoms with E-state index in [0.29, 0.717) is 11.0 Å². The van der Waals surface area contributed by atoms with Gasteiger partial charge < -0.3 is 16.1 Å². The number of carbonyl (C=O) groups is 2. The second-order valence-electron chi connectivity index (χ2n) is 4.18. The molecule has 8 heteroatoms. The van der Waals surface area contributed by atoms with Crippen LogP contribution in [-0.2, 0) is 4.79 Å². The Labute approximate surface area is 125 Å². The second kappa shape index (κ2) is 7.81. The third-order valence-electron chi connectivity index (χ3n) is 2.53. The fraction of sp³-hybridized carbons (Fsp3) is 0.417. The van der Waals surface area contributed by atoms with Crippen molar-refractivity contribution < 1.29 is 9.59 Å². The Morgan fingerprint density at radius 3 is 2.80 bits per heavy atom. The van der Waals surface area contributed by atoms with E-state index in [1.165, 1.54) is 6.20 Å². The zero-order valence-corrected chi connectivity index (χ0v) is 13.0. The lowest BCUT2D eigenvalue weighted by atomic mass is 10.2. The van der Waals surface area contributed by atoms with Gasteiger partial charge in [0, 0.05) is 17.2 Å². The van der Waals surface area contributed by atoms with Gasteiger partial charge in [0.15, 0.2) is 5.82 Å². The summed E-state index contributed by atoms with van der Waals surface area (Å²) in [4.78, 5) is 27.8. The van der Waals surface area contributed by atoms with Crippen molar-refractivity contribution in [2.24, 2.45) is 5.84 Å². The molecule has 0 bridgehead atoms. The van der Waals surface area contributed by atoms with Gasteiger partial charge in [-0.3, -0.25) is 9.59 Å². The minimum absolute atomic E-state index is 0.231. The average Bonchev–Trinajstić information content (AvgIpc) is 2.44. The highest BCUT2D eigenvalue weighted by Gasteiger charge is 2.19. The van der Waals surface area contributed by atoms with Crippen molar-refractivity contribution in [1.82, 2.24) is 15.6 Å². The number of aromatic nitrogens is 1. The fourth-order valence-electron chi connectivity index (χ4n) is 1.47. The quantitative estimate of drug-likeness (QED) is 0.450. The molecule has 1 rings (SSSR count). The van der Waals surface area contributed by atoms with Crippen molar-refractivity contribution in [1.29, 1.82) is 0 Å². The number of amides is 2. The zero-order valence-electron chi connectivity index (χ0n) is 11.4. The topological polar surface area (TPSA) is 109 Å². The van der Waals surface area contributed by atoms with E-state index in [-0.39, 0.29) is 17.3 Å². The molecule has 2 amide bonds. The fourth-order valence-corrected chi connectivity index (χ4v) is 1.80. The van der Waals surface area contributed by atoms with Crippen molar-refractivity contribution in [2.45, 2.75) is 26.3 Å². The van der Waals surface area contributed by atoms with E-state index >= 15 is 0 Å². The van der Waals surface area contributed by atoms with Crippen molar-refractivity contribution in [3.63, 3.8) is 0 Å². The van der Waals surface area contributed by atoms with Gasteiger partial charge >= 0.3 is 0 Å². The summed E-state index contributed by atoms with van der Waals surface area (Å²) < 4.78 is 0.643. The van der Waals surface area contributed by atoms with Crippen molar-refractivity contribution in [3.05, 3.63) is 22.3 Å². The van der Waals surface area contributed by atoms with E-state index in [9.17, 15) is 9.59 Å². The largest absolute Gasteiger partial charge is 0.354 e. The normalized spacial score (nSPS) is 11.6. The molecule has 0 aliphatic heterocycles. The number of nitrogens with two attached hydrogens (primary N) is 1. The molecule has 1 aromatic heterocycles. The Balaban J connectivity index is 2.75. The number of nitrogen functional groups attached to an aromatic ring is 1. The molecule has 0 aliphatic carbocycles. The SMILES string of the molecule is CCCNC(=O)C(C)NC(=O)c1cc(Br)cnc1NN. The van der Waals surface area contributed by atoms with Gasteiger partial charge in [0.25, 0.3) is 5.91 Å². The molecule has 1 heterocycles. The number of pyridine rings is 1. The molecule has 5 N–H and O–H groups in total. The van der Waals surface area contributed by atoms with E-state index in [2.05, 4.69) is 37.0 Å². The number of nitrogens with one attached hydrogen (secondary N) is 3. The molecular formula is C12H18BrN5O2. The standard InChI is InChI=1S/C12H18BrN5O2/c1-3-4-15-11(19)7(2)17-12(20)9-5-8(13)6-16-10(9)18-14/h5-7H,3-4,14H2,1-2H3,(H,15,19)(H,16,18)(H,17,20). The van der Waals surface area contributed by atoms with Gasteiger partial charge in [0.2, 0.25) is 5.91 Å². The first-order valence-electron chi connectivity index (χ1n) is 6.20. The predicted octanol–water partition coefficient (Wildman–Crippen LogP) is 0.774. The van der Waals surface area contributed by atoms with Crippen LogP contribution in [0.15, 0.2) is 16.7 Å². The number of hydrazine groups is 1. The van der Waals surface area contributed by atoms with E-state index < -0.39 is 11.9 Å². The molecule has 20 heavy (non-hydrogen) atoms. The summed E-state index contributed by atoms with van der Waals surface area (Å²) >= 11 is 3.23. The molecule has 0 spiro atoms. The predicted molar refractivity (Wildman–Crippen MR) is 80.0 cm³/mol. The molecule has 0 aliphatic rings. The number of halogens is 1. The number of carbonyl (C=O) groups excluding carboxylic acids is 2. The van der Waals surface area contributed by atoms with E-state index in [1.54, 1.807) is 13.0 Å². The van der Waals surface area contributed by atoms with Crippen LogP contribution in [0.3, 0.4) is 0 Å². The van der Waals surface area contributed by atoms with Crippen LogP contribution in [0.2, 0.25) is 0 Å². The second-order valence-corrected chi connectivity index (χ2v) is 5.10. The summed E-state index contributed by atoms with van der Waals surface area (Å²) in [6.45, 7) is 4.15. The Bertz CT molecular complexity index is 495. The van der Waals surface area contributed by atoms with Gasteiger partial charge in [-0.05, 0) is 35.3 Å². The van der Waals surface area contributed by atoms with Gasteiger partial charge in [-0.25, -0.2) is 10.8 Å². The van der Waals surface area contributed by atoms with Crippen LogP contribution in [0, 0.1) is 0 Å². The summed E-state index contributed by atoms with van der Waals surface area (Å²) in [6, 6.07) is 0.937. The molecule has 1 atom stereocenters. The third-order valence-corrected chi connectivity index (χ3v) is 2.96. The zero-order chi connectivity index (χ0) is 15.1. The molecule has 0 fully saturated rings.